The Bertz CT molecular complexity index is 945. The first-order chi connectivity index (χ1) is 13.5. The van der Waals surface area contributed by atoms with Crippen molar-refractivity contribution in [3.63, 3.8) is 0 Å². The van der Waals surface area contributed by atoms with Gasteiger partial charge in [-0.3, -0.25) is 9.69 Å². The van der Waals surface area contributed by atoms with Crippen LogP contribution < -0.4 is 9.64 Å². The van der Waals surface area contributed by atoms with Gasteiger partial charge in [0.15, 0.2) is 5.13 Å². The number of hydrogen-bond acceptors (Lipinski definition) is 5. The maximum atomic E-state index is 13.3. The average molecular weight is 499 g/mol. The Morgan fingerprint density at radius 2 is 1.79 bits per heavy atom. The number of thiazole rings is 1. The number of methoxy groups -OCH3 is 1. The standard InChI is InChI=1S/C21H24BrN3O2S.ClH/c1-4-24(5-2)12-13-25(20(26)15-6-8-16(22)9-7-15)21-23-18-11-10-17(27-3)14-19(18)28-21;/h6-11,14H,4-5,12-13H2,1-3H3;1H. The molecular formula is C21H25BrClN3O2S. The molecule has 2 aromatic carbocycles. The van der Waals surface area contributed by atoms with Crippen LogP contribution in [-0.4, -0.2) is 49.1 Å². The van der Waals surface area contributed by atoms with Crippen molar-refractivity contribution in [3.05, 3.63) is 52.5 Å². The van der Waals surface area contributed by atoms with Crippen molar-refractivity contribution >= 4 is 60.9 Å². The number of fused-ring (bicyclic) bond motifs is 1. The van der Waals surface area contributed by atoms with E-state index in [1.54, 1.807) is 12.0 Å². The van der Waals surface area contributed by atoms with Gasteiger partial charge >= 0.3 is 0 Å². The smallest absolute Gasteiger partial charge is 0.260 e. The van der Waals surface area contributed by atoms with E-state index in [9.17, 15) is 4.79 Å². The van der Waals surface area contributed by atoms with Crippen LogP contribution in [0.2, 0.25) is 0 Å². The van der Waals surface area contributed by atoms with Crippen molar-refractivity contribution < 1.29 is 9.53 Å². The Kier molecular flexibility index (Phi) is 8.89. The van der Waals surface area contributed by atoms with Gasteiger partial charge in [-0.15, -0.1) is 12.4 Å². The number of carbonyl (C=O) groups is 1. The molecule has 0 aliphatic rings. The molecule has 0 fully saturated rings. The van der Waals surface area contributed by atoms with E-state index < -0.39 is 0 Å². The molecule has 3 rings (SSSR count). The second-order valence-corrected chi connectivity index (χ2v) is 8.25. The lowest BCUT2D eigenvalue weighted by molar-refractivity contribution is 0.0984. The zero-order chi connectivity index (χ0) is 20.1. The Balaban J connectivity index is 0.00000300. The van der Waals surface area contributed by atoms with Gasteiger partial charge < -0.3 is 9.64 Å². The SMILES string of the molecule is CCN(CC)CCN(C(=O)c1ccc(Br)cc1)c1nc2ccc(OC)cc2s1.Cl. The molecule has 0 spiro atoms. The van der Waals surface area contributed by atoms with Crippen LogP contribution in [0.4, 0.5) is 5.13 Å². The first-order valence-corrected chi connectivity index (χ1v) is 10.9. The summed E-state index contributed by atoms with van der Waals surface area (Å²) >= 11 is 4.94. The molecule has 1 aromatic heterocycles. The van der Waals surface area contributed by atoms with Crippen molar-refractivity contribution in [2.75, 3.05) is 38.2 Å². The third-order valence-corrected chi connectivity index (χ3v) is 6.26. The third-order valence-electron chi connectivity index (χ3n) is 4.69. The Morgan fingerprint density at radius 3 is 2.41 bits per heavy atom. The fraction of sp³-hybridized carbons (Fsp3) is 0.333. The van der Waals surface area contributed by atoms with E-state index in [0.717, 1.165) is 40.1 Å². The quantitative estimate of drug-likeness (QED) is 0.413. The highest BCUT2D eigenvalue weighted by Gasteiger charge is 2.22. The Labute approximate surface area is 190 Å². The molecule has 29 heavy (non-hydrogen) atoms. The number of amides is 1. The maximum Gasteiger partial charge on any atom is 0.260 e. The van der Waals surface area contributed by atoms with E-state index in [2.05, 4.69) is 34.7 Å². The molecule has 1 heterocycles. The highest BCUT2D eigenvalue weighted by molar-refractivity contribution is 9.10. The third kappa shape index (κ3) is 5.69. The molecule has 0 radical (unpaired) electrons. The van der Waals surface area contributed by atoms with Crippen molar-refractivity contribution in [2.24, 2.45) is 0 Å². The first kappa shape index (κ1) is 23.6. The molecule has 0 unspecified atom stereocenters. The number of benzene rings is 2. The summed E-state index contributed by atoms with van der Waals surface area (Å²) in [5.74, 6) is 0.752. The number of hydrogen-bond donors (Lipinski definition) is 0. The first-order valence-electron chi connectivity index (χ1n) is 9.30. The number of carbonyl (C=O) groups excluding carboxylic acids is 1. The summed E-state index contributed by atoms with van der Waals surface area (Å²) in [5, 5.41) is 0.711. The van der Waals surface area contributed by atoms with Gasteiger partial charge in [-0.25, -0.2) is 4.98 Å². The number of halogens is 2. The van der Waals surface area contributed by atoms with Gasteiger partial charge in [0.2, 0.25) is 0 Å². The molecule has 0 atom stereocenters. The molecule has 0 aliphatic heterocycles. The van der Waals surface area contributed by atoms with Gasteiger partial charge in [-0.2, -0.15) is 0 Å². The Hall–Kier alpha value is -1.67. The molecule has 1 amide bonds. The van der Waals surface area contributed by atoms with Crippen LogP contribution in [0.25, 0.3) is 10.2 Å². The second-order valence-electron chi connectivity index (χ2n) is 6.32. The van der Waals surface area contributed by atoms with Gasteiger partial charge in [0.05, 0.1) is 17.3 Å². The number of rotatable bonds is 8. The fourth-order valence-electron chi connectivity index (χ4n) is 2.95. The van der Waals surface area contributed by atoms with E-state index in [4.69, 9.17) is 9.72 Å². The van der Waals surface area contributed by atoms with Crippen LogP contribution in [0.15, 0.2) is 46.9 Å². The van der Waals surface area contributed by atoms with E-state index in [1.165, 1.54) is 11.3 Å². The number of aromatic nitrogens is 1. The molecule has 156 valence electrons. The van der Waals surface area contributed by atoms with E-state index in [0.29, 0.717) is 17.2 Å². The largest absolute Gasteiger partial charge is 0.497 e. The second kappa shape index (κ2) is 10.9. The van der Waals surface area contributed by atoms with Crippen LogP contribution in [0, 0.1) is 0 Å². The predicted molar refractivity (Wildman–Crippen MR) is 127 cm³/mol. The lowest BCUT2D eigenvalue weighted by Crippen LogP contribution is -2.38. The summed E-state index contributed by atoms with van der Waals surface area (Å²) in [5.41, 5.74) is 1.52. The van der Waals surface area contributed by atoms with Crippen molar-refractivity contribution in [1.29, 1.82) is 0 Å². The minimum Gasteiger partial charge on any atom is -0.497 e. The summed E-state index contributed by atoms with van der Waals surface area (Å²) in [7, 11) is 1.65. The predicted octanol–water partition coefficient (Wildman–Crippen LogP) is 5.48. The number of ether oxygens (including phenoxy) is 1. The molecule has 3 aromatic rings. The fourth-order valence-corrected chi connectivity index (χ4v) is 4.23. The number of likely N-dealkylation sites (N-methyl/N-ethyl adjacent to an activating group) is 1. The van der Waals surface area contributed by atoms with E-state index in [-0.39, 0.29) is 18.3 Å². The number of anilines is 1. The van der Waals surface area contributed by atoms with E-state index >= 15 is 0 Å². The molecule has 5 nitrogen and oxygen atoms in total. The zero-order valence-corrected chi connectivity index (χ0v) is 19.9. The normalized spacial score (nSPS) is 10.8. The molecule has 8 heteroatoms. The lowest BCUT2D eigenvalue weighted by Gasteiger charge is -2.24. The minimum atomic E-state index is -0.0364. The molecule has 0 bridgehead atoms. The Morgan fingerprint density at radius 1 is 1.10 bits per heavy atom. The van der Waals surface area contributed by atoms with Crippen LogP contribution in [0.5, 0.6) is 5.75 Å². The van der Waals surface area contributed by atoms with Gasteiger partial charge in [0.1, 0.15) is 5.75 Å². The summed E-state index contributed by atoms with van der Waals surface area (Å²) < 4.78 is 7.27. The molecule has 0 N–H and O–H groups in total. The van der Waals surface area contributed by atoms with Gasteiger partial charge in [-0.05, 0) is 55.6 Å². The monoisotopic (exact) mass is 497 g/mol. The van der Waals surface area contributed by atoms with Crippen molar-refractivity contribution in [1.82, 2.24) is 9.88 Å². The topological polar surface area (TPSA) is 45.7 Å². The van der Waals surface area contributed by atoms with Gasteiger partial charge in [-0.1, -0.05) is 41.1 Å². The van der Waals surface area contributed by atoms with Gasteiger partial charge in [0.25, 0.3) is 5.91 Å². The van der Waals surface area contributed by atoms with E-state index in [1.807, 2.05) is 42.5 Å². The average Bonchev–Trinajstić information content (AvgIpc) is 3.14. The molecular weight excluding hydrogens is 474 g/mol. The van der Waals surface area contributed by atoms with Crippen molar-refractivity contribution in [3.8, 4) is 5.75 Å². The van der Waals surface area contributed by atoms with Crippen LogP contribution >= 0.6 is 39.7 Å². The summed E-state index contributed by atoms with van der Waals surface area (Å²) in [6.45, 7) is 7.56. The maximum absolute atomic E-state index is 13.3. The summed E-state index contributed by atoms with van der Waals surface area (Å²) in [6.07, 6.45) is 0. The number of nitrogens with zero attached hydrogens (tertiary/aromatic N) is 3. The van der Waals surface area contributed by atoms with Crippen LogP contribution in [-0.2, 0) is 0 Å². The van der Waals surface area contributed by atoms with Crippen LogP contribution in [0.3, 0.4) is 0 Å². The minimum absolute atomic E-state index is 0. The van der Waals surface area contributed by atoms with Gasteiger partial charge in [0, 0.05) is 23.1 Å². The summed E-state index contributed by atoms with van der Waals surface area (Å²) in [4.78, 5) is 22.1. The molecule has 0 aliphatic carbocycles. The summed E-state index contributed by atoms with van der Waals surface area (Å²) in [6, 6.07) is 13.2. The lowest BCUT2D eigenvalue weighted by atomic mass is 10.2. The van der Waals surface area contributed by atoms with Crippen LogP contribution in [0.1, 0.15) is 24.2 Å². The van der Waals surface area contributed by atoms with Crippen molar-refractivity contribution in [2.45, 2.75) is 13.8 Å². The highest BCUT2D eigenvalue weighted by atomic mass is 79.9. The highest BCUT2D eigenvalue weighted by Crippen LogP contribution is 2.32. The zero-order valence-electron chi connectivity index (χ0n) is 16.7. The molecule has 0 saturated carbocycles. The molecule has 0 saturated heterocycles.